The standard InChI is InChI=1S/C17H27F9NOSi.C8H10O3S/c1-4-29(5-2,6-3)28-15(16(21,22)23,17(24,25)26)12-7-9-13(10-8-12)27-11-14(18,19)20;1-7(12(9,10)11)8-5-3-2-4-6-8/h12-13H,4-11H2,1-3H3;2-7H,1H3,(H,9,10,11)/q-1;. The average molecular weight is 647 g/mol. The van der Waals surface area contributed by atoms with Crippen LogP contribution in [0.15, 0.2) is 30.3 Å². The first-order valence-electron chi connectivity index (χ1n) is 13.2. The van der Waals surface area contributed by atoms with Gasteiger partial charge in [-0.1, -0.05) is 70.5 Å². The van der Waals surface area contributed by atoms with Gasteiger partial charge in [-0.25, -0.2) is 0 Å². The molecular formula is C25H37F9NO4SSi-. The molecule has 1 aromatic carbocycles. The van der Waals surface area contributed by atoms with Crippen molar-refractivity contribution in [2.45, 2.75) is 107 Å². The van der Waals surface area contributed by atoms with Crippen molar-refractivity contribution >= 4 is 18.4 Å². The highest BCUT2D eigenvalue weighted by Gasteiger charge is 2.76. The van der Waals surface area contributed by atoms with E-state index >= 15 is 0 Å². The van der Waals surface area contributed by atoms with Gasteiger partial charge in [0.25, 0.3) is 15.7 Å². The Labute approximate surface area is 236 Å². The van der Waals surface area contributed by atoms with E-state index in [0.717, 1.165) is 0 Å². The lowest BCUT2D eigenvalue weighted by atomic mass is 9.74. The van der Waals surface area contributed by atoms with E-state index in [9.17, 15) is 47.9 Å². The number of halogens is 9. The molecule has 240 valence electrons. The Bertz CT molecular complexity index is 1000. The number of nitrogens with zero attached hydrogens (tertiary/aromatic N) is 1. The number of rotatable bonds is 10. The molecule has 1 saturated carbocycles. The van der Waals surface area contributed by atoms with Gasteiger partial charge in [0.15, 0.2) is 8.32 Å². The summed E-state index contributed by atoms with van der Waals surface area (Å²) in [6, 6.07) is 7.99. The van der Waals surface area contributed by atoms with Gasteiger partial charge >= 0.3 is 18.5 Å². The Hall–Kier alpha value is -1.36. The highest BCUT2D eigenvalue weighted by molar-refractivity contribution is 7.86. The first-order valence-corrected chi connectivity index (χ1v) is 17.2. The first-order chi connectivity index (χ1) is 18.6. The number of benzene rings is 1. The SMILES string of the molecule is CC(c1ccccc1)S(=O)(=O)O.CC[Si](CC)(CC)OC(C1CCC([N-]CC(F)(F)F)CC1)(C(F)(F)F)C(F)(F)F. The van der Waals surface area contributed by atoms with E-state index < -0.39 is 79.2 Å². The van der Waals surface area contributed by atoms with Gasteiger partial charge in [-0.3, -0.25) is 4.55 Å². The van der Waals surface area contributed by atoms with Crippen molar-refractivity contribution in [1.29, 1.82) is 0 Å². The zero-order valence-electron chi connectivity index (χ0n) is 23.2. The summed E-state index contributed by atoms with van der Waals surface area (Å²) >= 11 is 0. The summed E-state index contributed by atoms with van der Waals surface area (Å²) in [7, 11) is -7.28. The average Bonchev–Trinajstić information content (AvgIpc) is 2.87. The van der Waals surface area contributed by atoms with Crippen LogP contribution in [-0.2, 0) is 14.5 Å². The predicted octanol–water partition coefficient (Wildman–Crippen LogP) is 9.00. The third kappa shape index (κ3) is 10.1. The van der Waals surface area contributed by atoms with Crippen molar-refractivity contribution < 1.29 is 56.9 Å². The summed E-state index contributed by atoms with van der Waals surface area (Å²) in [6.07, 6.45) is -17.6. The fourth-order valence-electron chi connectivity index (χ4n) is 4.92. The lowest BCUT2D eigenvalue weighted by Crippen LogP contribution is -2.68. The first kappa shape index (κ1) is 37.7. The van der Waals surface area contributed by atoms with Crippen LogP contribution >= 0.6 is 0 Å². The zero-order valence-corrected chi connectivity index (χ0v) is 25.0. The number of hydrogen-bond donors (Lipinski definition) is 1. The minimum atomic E-state index is -5.69. The van der Waals surface area contributed by atoms with Crippen molar-refractivity contribution in [2.75, 3.05) is 6.54 Å². The van der Waals surface area contributed by atoms with Crippen molar-refractivity contribution in [2.24, 2.45) is 5.92 Å². The van der Waals surface area contributed by atoms with E-state index in [-0.39, 0.29) is 31.0 Å². The lowest BCUT2D eigenvalue weighted by molar-refractivity contribution is -0.380. The second-order valence-electron chi connectivity index (χ2n) is 10.1. The molecule has 1 fully saturated rings. The normalized spacial score (nSPS) is 20.2. The molecule has 0 bridgehead atoms. The Morgan fingerprint density at radius 2 is 1.32 bits per heavy atom. The summed E-state index contributed by atoms with van der Waals surface area (Å²) in [5.41, 5.74) is -3.71. The molecule has 0 spiro atoms. The fourth-order valence-corrected chi connectivity index (χ4v) is 8.44. The van der Waals surface area contributed by atoms with Crippen LogP contribution in [0.4, 0.5) is 39.5 Å². The Kier molecular flexibility index (Phi) is 13.2. The van der Waals surface area contributed by atoms with Gasteiger partial charge in [0.2, 0.25) is 0 Å². The van der Waals surface area contributed by atoms with Crippen molar-refractivity contribution in [3.8, 4) is 0 Å². The molecule has 41 heavy (non-hydrogen) atoms. The molecule has 1 aliphatic carbocycles. The molecule has 0 aliphatic heterocycles. The van der Waals surface area contributed by atoms with Gasteiger partial charge in [-0.2, -0.15) is 47.9 Å². The van der Waals surface area contributed by atoms with Crippen molar-refractivity contribution in [1.82, 2.24) is 0 Å². The monoisotopic (exact) mass is 646 g/mol. The maximum Gasteiger partial charge on any atom is 0.425 e. The maximum atomic E-state index is 14.0. The molecule has 1 aromatic rings. The number of alkyl halides is 9. The van der Waals surface area contributed by atoms with E-state index in [1.807, 2.05) is 0 Å². The van der Waals surface area contributed by atoms with E-state index in [4.69, 9.17) is 8.98 Å². The Morgan fingerprint density at radius 3 is 1.66 bits per heavy atom. The summed E-state index contributed by atoms with van der Waals surface area (Å²) < 4.78 is 156. The van der Waals surface area contributed by atoms with Crippen LogP contribution in [0.2, 0.25) is 18.1 Å². The predicted molar refractivity (Wildman–Crippen MR) is 140 cm³/mol. The maximum absolute atomic E-state index is 14.0. The fraction of sp³-hybridized carbons (Fsp3) is 0.760. The quantitative estimate of drug-likeness (QED) is 0.156. The van der Waals surface area contributed by atoms with E-state index in [2.05, 4.69) is 5.32 Å². The highest BCUT2D eigenvalue weighted by Crippen LogP contribution is 2.56. The molecule has 0 heterocycles. The van der Waals surface area contributed by atoms with Crippen molar-refractivity contribution in [3.05, 3.63) is 41.2 Å². The molecule has 1 unspecified atom stereocenters. The van der Waals surface area contributed by atoms with E-state index in [0.29, 0.717) is 5.56 Å². The molecule has 1 N–H and O–H groups in total. The molecule has 0 aromatic heterocycles. The summed E-state index contributed by atoms with van der Waals surface area (Å²) in [6.45, 7) is 4.58. The molecule has 1 atom stereocenters. The molecular weight excluding hydrogens is 609 g/mol. The Morgan fingerprint density at radius 1 is 0.878 bits per heavy atom. The van der Waals surface area contributed by atoms with Gasteiger partial charge in [-0.05, 0) is 43.5 Å². The molecule has 0 amide bonds. The topological polar surface area (TPSA) is 77.7 Å². The minimum Gasteiger partial charge on any atom is -0.652 e. The summed E-state index contributed by atoms with van der Waals surface area (Å²) in [4.78, 5) is 0. The van der Waals surface area contributed by atoms with Gasteiger partial charge in [-0.15, -0.1) is 6.04 Å². The van der Waals surface area contributed by atoms with Crippen LogP contribution in [-0.4, -0.2) is 58.0 Å². The lowest BCUT2D eigenvalue weighted by Gasteiger charge is -2.51. The van der Waals surface area contributed by atoms with Crippen LogP contribution < -0.4 is 0 Å². The van der Waals surface area contributed by atoms with Crippen molar-refractivity contribution in [3.63, 3.8) is 0 Å². The molecule has 5 nitrogen and oxygen atoms in total. The van der Waals surface area contributed by atoms with Gasteiger partial charge < -0.3 is 9.74 Å². The van der Waals surface area contributed by atoms with E-state index in [1.54, 1.807) is 30.3 Å². The minimum absolute atomic E-state index is 0.101. The largest absolute Gasteiger partial charge is 0.652 e. The molecule has 0 saturated heterocycles. The summed E-state index contributed by atoms with van der Waals surface area (Å²) in [5.74, 6) is -1.91. The number of hydrogen-bond acceptors (Lipinski definition) is 3. The zero-order chi connectivity index (χ0) is 31.9. The smallest absolute Gasteiger partial charge is 0.425 e. The third-order valence-corrected chi connectivity index (χ3v) is 13.5. The van der Waals surface area contributed by atoms with Crippen LogP contribution in [0.1, 0.15) is 64.2 Å². The van der Waals surface area contributed by atoms with E-state index in [1.165, 1.54) is 27.7 Å². The van der Waals surface area contributed by atoms with Gasteiger partial charge in [0.1, 0.15) is 5.25 Å². The highest BCUT2D eigenvalue weighted by atomic mass is 32.2. The van der Waals surface area contributed by atoms with Crippen LogP contribution in [0, 0.1) is 5.92 Å². The summed E-state index contributed by atoms with van der Waals surface area (Å²) in [5, 5.41) is 2.55. The molecule has 0 radical (unpaired) electrons. The van der Waals surface area contributed by atoms with Gasteiger partial charge in [0, 0.05) is 5.92 Å². The molecule has 1 aliphatic rings. The Balaban J connectivity index is 0.000000580. The molecule has 16 heteroatoms. The second kappa shape index (κ2) is 14.4. The van der Waals surface area contributed by atoms with Crippen LogP contribution in [0.3, 0.4) is 0 Å². The van der Waals surface area contributed by atoms with Crippen LogP contribution in [0.25, 0.3) is 5.32 Å². The van der Waals surface area contributed by atoms with Crippen LogP contribution in [0.5, 0.6) is 0 Å². The third-order valence-electron chi connectivity index (χ3n) is 7.67. The molecule has 2 rings (SSSR count). The van der Waals surface area contributed by atoms with Gasteiger partial charge in [0.05, 0.1) is 0 Å². The second-order valence-corrected chi connectivity index (χ2v) is 16.5.